The number of carbonyl (C=O) groups excluding carboxylic acids is 2. The minimum atomic E-state index is -0.569. The number of thiocarbonyl (C=S) groups is 1. The van der Waals surface area contributed by atoms with Gasteiger partial charge in [0.05, 0.1) is 19.9 Å². The maximum Gasteiger partial charge on any atom is 0.270 e. The molecule has 38 heavy (non-hydrogen) atoms. The van der Waals surface area contributed by atoms with E-state index in [9.17, 15) is 9.59 Å². The molecule has 8 heteroatoms. The van der Waals surface area contributed by atoms with Gasteiger partial charge in [-0.2, -0.15) is 0 Å². The molecule has 4 aromatic rings. The van der Waals surface area contributed by atoms with E-state index in [-0.39, 0.29) is 10.7 Å². The zero-order valence-electron chi connectivity index (χ0n) is 20.8. The topological polar surface area (TPSA) is 77.1 Å². The summed E-state index contributed by atoms with van der Waals surface area (Å²) in [6, 6.07) is 26.3. The number of amides is 2. The molecule has 0 aromatic heterocycles. The fourth-order valence-electron chi connectivity index (χ4n) is 4.26. The first-order chi connectivity index (χ1) is 18.5. The van der Waals surface area contributed by atoms with Gasteiger partial charge in [-0.1, -0.05) is 48.5 Å². The summed E-state index contributed by atoms with van der Waals surface area (Å²) in [6.45, 7) is 0.354. The lowest BCUT2D eigenvalue weighted by Crippen LogP contribution is -2.54. The van der Waals surface area contributed by atoms with Crippen LogP contribution in [0.15, 0.2) is 90.5 Å². The van der Waals surface area contributed by atoms with Crippen molar-refractivity contribution in [2.45, 2.75) is 6.61 Å². The average Bonchev–Trinajstić information content (AvgIpc) is 2.94. The number of methoxy groups -OCH3 is 2. The zero-order chi connectivity index (χ0) is 26.6. The molecule has 5 rings (SSSR count). The molecule has 7 nitrogen and oxygen atoms in total. The fourth-order valence-corrected chi connectivity index (χ4v) is 4.54. The van der Waals surface area contributed by atoms with Crippen LogP contribution >= 0.6 is 12.2 Å². The van der Waals surface area contributed by atoms with Gasteiger partial charge < -0.3 is 14.2 Å². The average molecular weight is 525 g/mol. The Labute approximate surface area is 225 Å². The molecule has 0 atom stereocenters. The number of anilines is 1. The largest absolute Gasteiger partial charge is 0.497 e. The molecule has 190 valence electrons. The van der Waals surface area contributed by atoms with E-state index in [1.165, 1.54) is 11.0 Å². The molecule has 4 aromatic carbocycles. The molecule has 1 aliphatic heterocycles. The van der Waals surface area contributed by atoms with E-state index in [0.29, 0.717) is 35.1 Å². The highest BCUT2D eigenvalue weighted by molar-refractivity contribution is 7.80. The van der Waals surface area contributed by atoms with Crippen LogP contribution < -0.4 is 24.4 Å². The smallest absolute Gasteiger partial charge is 0.270 e. The van der Waals surface area contributed by atoms with Crippen LogP contribution in [0.1, 0.15) is 11.1 Å². The van der Waals surface area contributed by atoms with Gasteiger partial charge in [0, 0.05) is 0 Å². The normalized spacial score (nSPS) is 14.5. The molecule has 0 aliphatic carbocycles. The first-order valence-corrected chi connectivity index (χ1v) is 12.2. The Hall–Kier alpha value is -4.69. The first kappa shape index (κ1) is 25.0. The molecular formula is C30H24N2O5S. The Morgan fingerprint density at radius 2 is 1.63 bits per heavy atom. The molecule has 1 saturated heterocycles. The van der Waals surface area contributed by atoms with E-state index in [2.05, 4.69) is 23.5 Å². The summed E-state index contributed by atoms with van der Waals surface area (Å²) in [5.41, 5.74) is 2.11. The number of hydrogen-bond donors (Lipinski definition) is 1. The molecule has 1 fully saturated rings. The van der Waals surface area contributed by atoms with Gasteiger partial charge in [-0.05, 0) is 76.6 Å². The van der Waals surface area contributed by atoms with Gasteiger partial charge in [0.1, 0.15) is 17.9 Å². The minimum absolute atomic E-state index is 0.0112. The predicted molar refractivity (Wildman–Crippen MR) is 150 cm³/mol. The molecule has 1 heterocycles. The van der Waals surface area contributed by atoms with Crippen LogP contribution in [0.3, 0.4) is 0 Å². The first-order valence-electron chi connectivity index (χ1n) is 11.8. The van der Waals surface area contributed by atoms with Crippen molar-refractivity contribution in [1.82, 2.24) is 5.32 Å². The Morgan fingerprint density at radius 1 is 0.868 bits per heavy atom. The number of carbonyl (C=O) groups is 2. The number of rotatable bonds is 7. The molecule has 0 saturated carbocycles. The van der Waals surface area contributed by atoms with Gasteiger partial charge in [0.25, 0.3) is 11.8 Å². The van der Waals surface area contributed by atoms with Crippen LogP contribution in [0.2, 0.25) is 0 Å². The summed E-state index contributed by atoms with van der Waals surface area (Å²) < 4.78 is 16.8. The van der Waals surface area contributed by atoms with E-state index in [0.717, 1.165) is 16.3 Å². The summed E-state index contributed by atoms with van der Waals surface area (Å²) in [5, 5.41) is 4.87. The lowest BCUT2D eigenvalue weighted by Gasteiger charge is -2.29. The number of hydrogen-bond acceptors (Lipinski definition) is 6. The summed E-state index contributed by atoms with van der Waals surface area (Å²) in [5.74, 6) is 0.562. The maximum absolute atomic E-state index is 13.3. The third kappa shape index (κ3) is 4.94. The van der Waals surface area contributed by atoms with Crippen molar-refractivity contribution in [3.63, 3.8) is 0 Å². The lowest BCUT2D eigenvalue weighted by atomic mass is 10.1. The quantitative estimate of drug-likeness (QED) is 0.202. The zero-order valence-corrected chi connectivity index (χ0v) is 21.6. The van der Waals surface area contributed by atoms with Gasteiger partial charge in [-0.3, -0.25) is 19.8 Å². The SMILES string of the molecule is COc1ccc(N2C(=O)C(=Cc3ccc(OCc4cccc5ccccc45)c(OC)c3)C(=O)NC2=S)cc1. The van der Waals surface area contributed by atoms with Crippen LogP contribution in [0.4, 0.5) is 5.69 Å². The maximum atomic E-state index is 13.3. The third-order valence-electron chi connectivity index (χ3n) is 6.19. The second-order valence-electron chi connectivity index (χ2n) is 8.49. The molecule has 0 unspecified atom stereocenters. The van der Waals surface area contributed by atoms with Gasteiger partial charge in [0.2, 0.25) is 0 Å². The summed E-state index contributed by atoms with van der Waals surface area (Å²) >= 11 is 5.28. The summed E-state index contributed by atoms with van der Waals surface area (Å²) in [6.07, 6.45) is 1.51. The molecule has 0 radical (unpaired) electrons. The van der Waals surface area contributed by atoms with E-state index < -0.39 is 11.8 Å². The molecule has 1 aliphatic rings. The monoisotopic (exact) mass is 524 g/mol. The summed E-state index contributed by atoms with van der Waals surface area (Å²) in [4.78, 5) is 27.3. The Morgan fingerprint density at radius 3 is 2.39 bits per heavy atom. The molecule has 1 N–H and O–H groups in total. The fraction of sp³-hybridized carbons (Fsp3) is 0.100. The second-order valence-corrected chi connectivity index (χ2v) is 8.88. The number of nitrogens with one attached hydrogen (secondary N) is 1. The number of benzene rings is 4. The van der Waals surface area contributed by atoms with E-state index in [1.54, 1.807) is 56.7 Å². The summed E-state index contributed by atoms with van der Waals surface area (Å²) in [7, 11) is 3.10. The van der Waals surface area contributed by atoms with Gasteiger partial charge >= 0.3 is 0 Å². The van der Waals surface area contributed by atoms with Crippen molar-refractivity contribution in [3.8, 4) is 17.2 Å². The Kier molecular flexibility index (Phi) is 7.06. The Bertz CT molecular complexity index is 1570. The number of fused-ring (bicyclic) bond motifs is 1. The van der Waals surface area contributed by atoms with Gasteiger partial charge in [0.15, 0.2) is 16.6 Å². The lowest BCUT2D eigenvalue weighted by molar-refractivity contribution is -0.122. The van der Waals surface area contributed by atoms with Crippen molar-refractivity contribution in [3.05, 3.63) is 102 Å². The highest BCUT2D eigenvalue weighted by atomic mass is 32.1. The van der Waals surface area contributed by atoms with Crippen molar-refractivity contribution in [1.29, 1.82) is 0 Å². The standard InChI is InChI=1S/C30H24N2O5S/c1-35-23-13-11-22(12-14-23)32-29(34)25(28(33)31-30(32)38)16-19-10-15-26(27(17-19)36-2)37-18-21-8-5-7-20-6-3-4-9-24(20)21/h3-17H,18H2,1-2H3,(H,31,33,38). The van der Waals surface area contributed by atoms with Gasteiger partial charge in [-0.15, -0.1) is 0 Å². The van der Waals surface area contributed by atoms with Crippen molar-refractivity contribution >= 4 is 51.7 Å². The third-order valence-corrected chi connectivity index (χ3v) is 6.48. The van der Waals surface area contributed by atoms with Gasteiger partial charge in [-0.25, -0.2) is 0 Å². The van der Waals surface area contributed by atoms with Crippen molar-refractivity contribution in [2.75, 3.05) is 19.1 Å². The molecular weight excluding hydrogens is 500 g/mol. The van der Waals surface area contributed by atoms with Crippen molar-refractivity contribution < 1.29 is 23.8 Å². The van der Waals surface area contributed by atoms with E-state index in [4.69, 9.17) is 26.4 Å². The highest BCUT2D eigenvalue weighted by Gasteiger charge is 2.34. The molecule has 0 spiro atoms. The van der Waals surface area contributed by atoms with Crippen molar-refractivity contribution in [2.24, 2.45) is 0 Å². The van der Waals surface area contributed by atoms with Crippen LogP contribution in [0, 0.1) is 0 Å². The van der Waals surface area contributed by atoms with E-state index in [1.807, 2.05) is 24.3 Å². The molecule has 2 amide bonds. The van der Waals surface area contributed by atoms with Crippen LogP contribution in [-0.2, 0) is 16.2 Å². The van der Waals surface area contributed by atoms with E-state index >= 15 is 0 Å². The van der Waals surface area contributed by atoms with Crippen LogP contribution in [-0.4, -0.2) is 31.1 Å². The highest BCUT2D eigenvalue weighted by Crippen LogP contribution is 2.31. The van der Waals surface area contributed by atoms with Crippen LogP contribution in [0.5, 0.6) is 17.2 Å². The second kappa shape index (κ2) is 10.7. The molecule has 0 bridgehead atoms. The number of nitrogens with zero attached hydrogens (tertiary/aromatic N) is 1. The Balaban J connectivity index is 1.39. The predicted octanol–water partition coefficient (Wildman–Crippen LogP) is 5.27. The van der Waals surface area contributed by atoms with Crippen LogP contribution in [0.25, 0.3) is 16.8 Å². The minimum Gasteiger partial charge on any atom is -0.497 e. The number of ether oxygens (including phenoxy) is 3.